The van der Waals surface area contributed by atoms with Crippen molar-refractivity contribution in [1.29, 1.82) is 0 Å². The Labute approximate surface area is 106 Å². The van der Waals surface area contributed by atoms with Crippen LogP contribution in [0.1, 0.15) is 71.1 Å². The van der Waals surface area contributed by atoms with Crippen LogP contribution in [0.3, 0.4) is 0 Å². The van der Waals surface area contributed by atoms with Crippen molar-refractivity contribution in [2.45, 2.75) is 71.1 Å². The summed E-state index contributed by atoms with van der Waals surface area (Å²) in [5.41, 5.74) is 0. The number of carbonyl (C=O) groups is 1. The molecule has 0 amide bonds. The summed E-state index contributed by atoms with van der Waals surface area (Å²) in [6, 6.07) is 0. The normalized spacial score (nSPS) is 38.9. The number of aldehydes is 1. The molecule has 0 aromatic carbocycles. The minimum absolute atomic E-state index is 0.718. The molecule has 0 atom stereocenters. The van der Waals surface area contributed by atoms with Gasteiger partial charge in [-0.25, -0.2) is 0 Å². The Kier molecular flexibility index (Phi) is 5.06. The van der Waals surface area contributed by atoms with Gasteiger partial charge in [-0.05, 0) is 62.2 Å². The Morgan fingerprint density at radius 3 is 1.71 bits per heavy atom. The van der Waals surface area contributed by atoms with Crippen LogP contribution in [-0.2, 0) is 4.79 Å². The second-order valence-corrected chi connectivity index (χ2v) is 6.37. The molecule has 0 aliphatic heterocycles. The molecule has 0 heterocycles. The van der Waals surface area contributed by atoms with E-state index in [9.17, 15) is 4.79 Å². The quantitative estimate of drug-likeness (QED) is 0.652. The molecule has 1 nitrogen and oxygen atoms in total. The predicted molar refractivity (Wildman–Crippen MR) is 71.9 cm³/mol. The maximum atomic E-state index is 10.5. The summed E-state index contributed by atoms with van der Waals surface area (Å²) < 4.78 is 0. The fourth-order valence-corrected chi connectivity index (χ4v) is 4.10. The van der Waals surface area contributed by atoms with Crippen molar-refractivity contribution < 1.29 is 4.79 Å². The molecule has 0 spiro atoms. The lowest BCUT2D eigenvalue weighted by atomic mass is 9.68. The molecule has 2 rings (SSSR count). The zero-order chi connectivity index (χ0) is 12.1. The first-order chi connectivity index (χ1) is 8.33. The van der Waals surface area contributed by atoms with Gasteiger partial charge in [-0.1, -0.05) is 26.2 Å². The van der Waals surface area contributed by atoms with Crippen LogP contribution < -0.4 is 0 Å². The summed E-state index contributed by atoms with van der Waals surface area (Å²) in [5.74, 6) is 3.76. The maximum absolute atomic E-state index is 10.5. The van der Waals surface area contributed by atoms with E-state index in [1.807, 2.05) is 0 Å². The zero-order valence-corrected chi connectivity index (χ0v) is 11.4. The van der Waals surface area contributed by atoms with Crippen LogP contribution >= 0.6 is 0 Å². The van der Waals surface area contributed by atoms with Gasteiger partial charge in [-0.3, -0.25) is 0 Å². The fraction of sp³-hybridized carbons (Fsp3) is 0.938. The van der Waals surface area contributed by atoms with Crippen LogP contribution in [-0.4, -0.2) is 6.29 Å². The summed E-state index contributed by atoms with van der Waals surface area (Å²) in [7, 11) is 0. The van der Waals surface area contributed by atoms with E-state index in [0.717, 1.165) is 36.4 Å². The van der Waals surface area contributed by atoms with Crippen LogP contribution in [0.15, 0.2) is 0 Å². The van der Waals surface area contributed by atoms with Crippen molar-refractivity contribution >= 4 is 6.29 Å². The lowest BCUT2D eigenvalue weighted by Crippen LogP contribution is -2.25. The van der Waals surface area contributed by atoms with E-state index in [2.05, 4.69) is 6.92 Å². The van der Waals surface area contributed by atoms with Crippen molar-refractivity contribution in [3.63, 3.8) is 0 Å². The SMILES string of the molecule is CCC1CCC(C2CCC(CC=O)CC2)CC1. The molecule has 2 saturated carbocycles. The Morgan fingerprint density at radius 2 is 1.29 bits per heavy atom. The first-order valence-corrected chi connectivity index (χ1v) is 7.77. The molecule has 98 valence electrons. The van der Waals surface area contributed by atoms with Crippen LogP contribution in [0.2, 0.25) is 0 Å². The van der Waals surface area contributed by atoms with Gasteiger partial charge in [0.1, 0.15) is 6.29 Å². The monoisotopic (exact) mass is 236 g/mol. The van der Waals surface area contributed by atoms with Gasteiger partial charge in [0, 0.05) is 6.42 Å². The van der Waals surface area contributed by atoms with E-state index in [1.165, 1.54) is 57.8 Å². The van der Waals surface area contributed by atoms with Gasteiger partial charge in [0.05, 0.1) is 0 Å². The molecule has 1 heteroatoms. The molecule has 0 aromatic heterocycles. The van der Waals surface area contributed by atoms with Gasteiger partial charge in [0.2, 0.25) is 0 Å². The van der Waals surface area contributed by atoms with Crippen molar-refractivity contribution in [3.05, 3.63) is 0 Å². The van der Waals surface area contributed by atoms with E-state index in [0.29, 0.717) is 0 Å². The van der Waals surface area contributed by atoms with Crippen molar-refractivity contribution in [1.82, 2.24) is 0 Å². The molecule has 0 saturated heterocycles. The highest BCUT2D eigenvalue weighted by molar-refractivity contribution is 5.49. The summed E-state index contributed by atoms with van der Waals surface area (Å²) in [4.78, 5) is 10.5. The Bertz CT molecular complexity index is 220. The van der Waals surface area contributed by atoms with Gasteiger partial charge in [-0.2, -0.15) is 0 Å². The molecular weight excluding hydrogens is 208 g/mol. The largest absolute Gasteiger partial charge is 0.303 e. The standard InChI is InChI=1S/C16H28O/c1-2-13-3-7-15(8-4-13)16-9-5-14(6-10-16)11-12-17/h12-16H,2-11H2,1H3. The summed E-state index contributed by atoms with van der Waals surface area (Å²) in [6.07, 6.45) is 14.7. The summed E-state index contributed by atoms with van der Waals surface area (Å²) in [5, 5.41) is 0. The van der Waals surface area contributed by atoms with Crippen LogP contribution in [0.4, 0.5) is 0 Å². The van der Waals surface area contributed by atoms with Gasteiger partial charge in [-0.15, -0.1) is 0 Å². The minimum atomic E-state index is 0.718. The second kappa shape index (κ2) is 6.56. The van der Waals surface area contributed by atoms with E-state index < -0.39 is 0 Å². The Hall–Kier alpha value is -0.330. The van der Waals surface area contributed by atoms with Crippen molar-refractivity contribution in [3.8, 4) is 0 Å². The second-order valence-electron chi connectivity index (χ2n) is 6.37. The third kappa shape index (κ3) is 3.56. The molecule has 0 aromatic rings. The van der Waals surface area contributed by atoms with E-state index in [-0.39, 0.29) is 0 Å². The minimum Gasteiger partial charge on any atom is -0.303 e. The van der Waals surface area contributed by atoms with Crippen molar-refractivity contribution in [2.24, 2.45) is 23.7 Å². The fourth-order valence-electron chi connectivity index (χ4n) is 4.10. The van der Waals surface area contributed by atoms with Gasteiger partial charge < -0.3 is 4.79 Å². The molecule has 0 radical (unpaired) electrons. The smallest absolute Gasteiger partial charge is 0.120 e. The summed E-state index contributed by atoms with van der Waals surface area (Å²) >= 11 is 0. The topological polar surface area (TPSA) is 17.1 Å². The van der Waals surface area contributed by atoms with Gasteiger partial charge >= 0.3 is 0 Å². The lowest BCUT2D eigenvalue weighted by molar-refractivity contribution is -0.108. The van der Waals surface area contributed by atoms with Crippen LogP contribution in [0.25, 0.3) is 0 Å². The molecule has 2 aliphatic carbocycles. The maximum Gasteiger partial charge on any atom is 0.120 e. The predicted octanol–water partition coefficient (Wildman–Crippen LogP) is 4.60. The number of hydrogen-bond donors (Lipinski definition) is 0. The highest BCUT2D eigenvalue weighted by Crippen LogP contribution is 2.42. The molecule has 0 unspecified atom stereocenters. The Morgan fingerprint density at radius 1 is 0.824 bits per heavy atom. The third-order valence-corrected chi connectivity index (χ3v) is 5.46. The average molecular weight is 236 g/mol. The highest BCUT2D eigenvalue weighted by Gasteiger charge is 2.30. The highest BCUT2D eigenvalue weighted by atomic mass is 16.1. The molecule has 2 aliphatic rings. The average Bonchev–Trinajstić information content (AvgIpc) is 2.40. The molecule has 0 bridgehead atoms. The van der Waals surface area contributed by atoms with Crippen LogP contribution in [0.5, 0.6) is 0 Å². The van der Waals surface area contributed by atoms with E-state index in [1.54, 1.807) is 0 Å². The van der Waals surface area contributed by atoms with Gasteiger partial charge in [0.15, 0.2) is 0 Å². The molecule has 17 heavy (non-hydrogen) atoms. The molecular formula is C16H28O. The first kappa shape index (κ1) is 13.1. The molecule has 2 fully saturated rings. The first-order valence-electron chi connectivity index (χ1n) is 7.77. The van der Waals surface area contributed by atoms with E-state index in [4.69, 9.17) is 0 Å². The lowest BCUT2D eigenvalue weighted by Gasteiger charge is -2.37. The van der Waals surface area contributed by atoms with E-state index >= 15 is 0 Å². The molecule has 0 N–H and O–H groups in total. The summed E-state index contributed by atoms with van der Waals surface area (Å²) in [6.45, 7) is 2.34. The van der Waals surface area contributed by atoms with Crippen LogP contribution in [0, 0.1) is 23.7 Å². The van der Waals surface area contributed by atoms with Gasteiger partial charge in [0.25, 0.3) is 0 Å². The Balaban J connectivity index is 1.72. The van der Waals surface area contributed by atoms with Crippen molar-refractivity contribution in [2.75, 3.05) is 0 Å². The third-order valence-electron chi connectivity index (χ3n) is 5.46. The number of rotatable bonds is 4. The zero-order valence-electron chi connectivity index (χ0n) is 11.4. The number of carbonyl (C=O) groups excluding carboxylic acids is 1. The number of hydrogen-bond acceptors (Lipinski definition) is 1.